The molecule has 1 rings (SSSR count). The van der Waals surface area contributed by atoms with E-state index in [2.05, 4.69) is 15.9 Å². The fourth-order valence-electron chi connectivity index (χ4n) is 1.28. The second kappa shape index (κ2) is 7.33. The van der Waals surface area contributed by atoms with Gasteiger partial charge in [0.05, 0.1) is 6.61 Å². The summed E-state index contributed by atoms with van der Waals surface area (Å²) >= 11 is 3.19. The molecular formula is C11H14BrClO4S. The van der Waals surface area contributed by atoms with Crippen molar-refractivity contribution in [2.45, 2.75) is 18.2 Å². The van der Waals surface area contributed by atoms with Gasteiger partial charge in [-0.15, -0.1) is 0 Å². The van der Waals surface area contributed by atoms with Crippen LogP contribution in [0.25, 0.3) is 0 Å². The minimum Gasteiger partial charge on any atom is -0.492 e. The van der Waals surface area contributed by atoms with E-state index in [-0.39, 0.29) is 10.6 Å². The van der Waals surface area contributed by atoms with E-state index in [0.29, 0.717) is 30.7 Å². The quantitative estimate of drug-likeness (QED) is 0.555. The summed E-state index contributed by atoms with van der Waals surface area (Å²) in [6.07, 6.45) is 0.686. The molecule has 1 aromatic rings. The lowest BCUT2D eigenvalue weighted by molar-refractivity contribution is 0.130. The summed E-state index contributed by atoms with van der Waals surface area (Å²) < 4.78 is 33.9. The third-order valence-corrected chi connectivity index (χ3v) is 3.90. The fraction of sp³-hybridized carbons (Fsp3) is 0.455. The summed E-state index contributed by atoms with van der Waals surface area (Å²) in [4.78, 5) is -0.0325. The molecule has 0 N–H and O–H groups in total. The van der Waals surface area contributed by atoms with Gasteiger partial charge in [0.2, 0.25) is 0 Å². The predicted octanol–water partition coefficient (Wildman–Crippen LogP) is 3.18. The second-order valence-corrected chi connectivity index (χ2v) is 6.88. The number of rotatable bonds is 7. The molecule has 0 aliphatic carbocycles. The van der Waals surface area contributed by atoms with Crippen molar-refractivity contribution in [1.82, 2.24) is 0 Å². The van der Waals surface area contributed by atoms with Crippen LogP contribution in [0.2, 0.25) is 0 Å². The van der Waals surface area contributed by atoms with Crippen molar-refractivity contribution in [2.24, 2.45) is 0 Å². The van der Waals surface area contributed by atoms with Gasteiger partial charge in [-0.3, -0.25) is 0 Å². The molecule has 0 heterocycles. The van der Waals surface area contributed by atoms with Crippen molar-refractivity contribution in [3.05, 3.63) is 22.7 Å². The molecule has 0 fully saturated rings. The highest BCUT2D eigenvalue weighted by molar-refractivity contribution is 9.10. The molecule has 0 spiro atoms. The molecule has 0 unspecified atom stereocenters. The number of benzene rings is 1. The lowest BCUT2D eigenvalue weighted by Crippen LogP contribution is -2.05. The maximum atomic E-state index is 11.4. The van der Waals surface area contributed by atoms with Gasteiger partial charge in [-0.2, -0.15) is 0 Å². The average Bonchev–Trinajstić information content (AvgIpc) is 2.29. The second-order valence-electron chi connectivity index (χ2n) is 3.43. The molecule has 0 atom stereocenters. The van der Waals surface area contributed by atoms with Crippen LogP contribution in [0.5, 0.6) is 5.75 Å². The monoisotopic (exact) mass is 356 g/mol. The Balaban J connectivity index is 2.71. The number of ether oxygens (including phenoxy) is 2. The van der Waals surface area contributed by atoms with Gasteiger partial charge in [-0.1, -0.05) is 15.9 Å². The number of hydrogen-bond acceptors (Lipinski definition) is 4. The summed E-state index contributed by atoms with van der Waals surface area (Å²) in [5.74, 6) is 0.254. The molecule has 102 valence electrons. The molecule has 7 heteroatoms. The van der Waals surface area contributed by atoms with Crippen LogP contribution in [-0.2, 0) is 13.8 Å². The van der Waals surface area contributed by atoms with E-state index in [9.17, 15) is 8.42 Å². The van der Waals surface area contributed by atoms with Crippen molar-refractivity contribution in [3.8, 4) is 5.75 Å². The topological polar surface area (TPSA) is 52.6 Å². The Morgan fingerprint density at radius 2 is 2.06 bits per heavy atom. The summed E-state index contributed by atoms with van der Waals surface area (Å²) in [5.41, 5.74) is 0. The molecule has 0 aliphatic heterocycles. The number of halogens is 2. The lowest BCUT2D eigenvalue weighted by Gasteiger charge is -2.10. The third kappa shape index (κ3) is 5.14. The van der Waals surface area contributed by atoms with Crippen LogP contribution >= 0.6 is 26.6 Å². The Bertz CT molecular complexity index is 490. The Labute approximate surface area is 120 Å². The van der Waals surface area contributed by atoms with Crippen molar-refractivity contribution in [3.63, 3.8) is 0 Å². The molecule has 0 radical (unpaired) electrons. The zero-order chi connectivity index (χ0) is 13.6. The van der Waals surface area contributed by atoms with Gasteiger partial charge in [0.25, 0.3) is 9.05 Å². The molecular weight excluding hydrogens is 344 g/mol. The Morgan fingerprint density at radius 1 is 1.33 bits per heavy atom. The van der Waals surface area contributed by atoms with Crippen LogP contribution in [0, 0.1) is 0 Å². The molecule has 4 nitrogen and oxygen atoms in total. The first kappa shape index (κ1) is 15.8. The Kier molecular flexibility index (Phi) is 6.42. The molecule has 0 saturated heterocycles. The summed E-state index contributed by atoms with van der Waals surface area (Å²) in [5, 5.41) is 0. The first-order valence-corrected chi connectivity index (χ1v) is 8.50. The van der Waals surface area contributed by atoms with E-state index in [1.807, 2.05) is 6.92 Å². The van der Waals surface area contributed by atoms with Crippen molar-refractivity contribution in [1.29, 1.82) is 0 Å². The van der Waals surface area contributed by atoms with E-state index in [0.717, 1.165) is 0 Å². The SMILES string of the molecule is CCOCCCOc1ccc(Br)cc1S(=O)(=O)Cl. The van der Waals surface area contributed by atoms with Gasteiger partial charge in [0.15, 0.2) is 0 Å². The van der Waals surface area contributed by atoms with Crippen LogP contribution < -0.4 is 4.74 Å². The third-order valence-electron chi connectivity index (χ3n) is 2.06. The average molecular weight is 358 g/mol. The largest absolute Gasteiger partial charge is 0.492 e. The minimum absolute atomic E-state index is 0.0325. The van der Waals surface area contributed by atoms with Crippen molar-refractivity contribution in [2.75, 3.05) is 19.8 Å². The summed E-state index contributed by atoms with van der Waals surface area (Å²) in [7, 11) is 1.53. The predicted molar refractivity (Wildman–Crippen MR) is 73.8 cm³/mol. The van der Waals surface area contributed by atoms with Crippen LogP contribution in [0.15, 0.2) is 27.6 Å². The standard InChI is InChI=1S/C11H14BrClO4S/c1-2-16-6-3-7-17-10-5-4-9(12)8-11(10)18(13,14)15/h4-5,8H,2-3,6-7H2,1H3. The molecule has 0 aliphatic rings. The fourth-order valence-corrected chi connectivity index (χ4v) is 2.79. The van der Waals surface area contributed by atoms with Crippen LogP contribution in [0.3, 0.4) is 0 Å². The minimum atomic E-state index is -3.82. The van der Waals surface area contributed by atoms with Crippen LogP contribution in [0.1, 0.15) is 13.3 Å². The summed E-state index contributed by atoms with van der Waals surface area (Å²) in [6, 6.07) is 4.68. The van der Waals surface area contributed by atoms with Crippen molar-refractivity contribution >= 4 is 35.7 Å². The molecule has 0 bridgehead atoms. The van der Waals surface area contributed by atoms with Crippen molar-refractivity contribution < 1.29 is 17.9 Å². The van der Waals surface area contributed by atoms with Gasteiger partial charge in [-0.05, 0) is 25.1 Å². The highest BCUT2D eigenvalue weighted by Crippen LogP contribution is 2.30. The Hall–Kier alpha value is -0.300. The lowest BCUT2D eigenvalue weighted by atomic mass is 10.3. The Morgan fingerprint density at radius 3 is 2.67 bits per heavy atom. The van der Waals surface area contributed by atoms with Gasteiger partial charge in [-0.25, -0.2) is 8.42 Å². The van der Waals surface area contributed by atoms with Gasteiger partial charge < -0.3 is 9.47 Å². The molecule has 1 aromatic carbocycles. The molecule has 18 heavy (non-hydrogen) atoms. The van der Waals surface area contributed by atoms with E-state index >= 15 is 0 Å². The smallest absolute Gasteiger partial charge is 0.265 e. The van der Waals surface area contributed by atoms with Crippen LogP contribution in [0.4, 0.5) is 0 Å². The van der Waals surface area contributed by atoms with E-state index in [1.165, 1.54) is 6.07 Å². The zero-order valence-electron chi connectivity index (χ0n) is 9.86. The summed E-state index contributed by atoms with van der Waals surface area (Å²) in [6.45, 7) is 3.52. The van der Waals surface area contributed by atoms with Crippen LogP contribution in [-0.4, -0.2) is 28.2 Å². The zero-order valence-corrected chi connectivity index (χ0v) is 13.0. The molecule has 0 amide bonds. The van der Waals surface area contributed by atoms with Gasteiger partial charge >= 0.3 is 0 Å². The first-order chi connectivity index (χ1) is 8.45. The normalized spacial score (nSPS) is 11.5. The van der Waals surface area contributed by atoms with Gasteiger partial charge in [0, 0.05) is 34.8 Å². The van der Waals surface area contributed by atoms with E-state index in [4.69, 9.17) is 20.2 Å². The van der Waals surface area contributed by atoms with E-state index in [1.54, 1.807) is 12.1 Å². The maximum Gasteiger partial charge on any atom is 0.265 e. The van der Waals surface area contributed by atoms with E-state index < -0.39 is 9.05 Å². The molecule has 0 saturated carbocycles. The number of hydrogen-bond donors (Lipinski definition) is 0. The first-order valence-electron chi connectivity index (χ1n) is 5.40. The highest BCUT2D eigenvalue weighted by atomic mass is 79.9. The highest BCUT2D eigenvalue weighted by Gasteiger charge is 2.17. The van der Waals surface area contributed by atoms with Gasteiger partial charge in [0.1, 0.15) is 10.6 Å². The molecule has 0 aromatic heterocycles. The maximum absolute atomic E-state index is 11.4.